The molecule has 0 aliphatic carbocycles. The van der Waals surface area contributed by atoms with E-state index < -0.39 is 5.82 Å². The number of nitrogens with one attached hydrogen (secondary N) is 1. The van der Waals surface area contributed by atoms with E-state index in [2.05, 4.69) is 5.32 Å². The number of esters is 1. The molecule has 0 saturated carbocycles. The molecule has 7 heteroatoms. The third-order valence-corrected chi connectivity index (χ3v) is 4.32. The summed E-state index contributed by atoms with van der Waals surface area (Å²) in [5.41, 5.74) is -0.105. The summed E-state index contributed by atoms with van der Waals surface area (Å²) in [4.78, 5) is 24.6. The Kier molecular flexibility index (Phi) is 4.60. The van der Waals surface area contributed by atoms with Gasteiger partial charge in [0.05, 0.1) is 5.39 Å². The largest absolute Gasteiger partial charge is 0.460 e. The summed E-state index contributed by atoms with van der Waals surface area (Å²) < 4.78 is 29.2. The van der Waals surface area contributed by atoms with Gasteiger partial charge in [-0.1, -0.05) is 0 Å². The standard InChI is InChI=1S/C20H16FNO5/c21-12-3-5-13(6-4-12)26-18-11-25-17-10-14(7-8-15(17)19(18)23)27-20(24)16-2-1-9-22-16/h3-8,10-11,16,22H,1-2,9H2. The summed E-state index contributed by atoms with van der Waals surface area (Å²) >= 11 is 0. The van der Waals surface area contributed by atoms with Crippen LogP contribution in [0.25, 0.3) is 11.0 Å². The van der Waals surface area contributed by atoms with Crippen LogP contribution in [0.5, 0.6) is 17.2 Å². The zero-order valence-electron chi connectivity index (χ0n) is 14.2. The van der Waals surface area contributed by atoms with E-state index in [0.29, 0.717) is 11.5 Å². The highest BCUT2D eigenvalue weighted by Crippen LogP contribution is 2.24. The van der Waals surface area contributed by atoms with Gasteiger partial charge < -0.3 is 19.2 Å². The number of carbonyl (C=O) groups is 1. The second kappa shape index (κ2) is 7.20. The van der Waals surface area contributed by atoms with Gasteiger partial charge in [-0.3, -0.25) is 4.79 Å². The highest BCUT2D eigenvalue weighted by molar-refractivity contribution is 5.82. The van der Waals surface area contributed by atoms with E-state index in [1.807, 2.05) is 0 Å². The van der Waals surface area contributed by atoms with Crippen LogP contribution in [0.15, 0.2) is 57.9 Å². The molecule has 4 rings (SSSR count). The monoisotopic (exact) mass is 369 g/mol. The molecule has 1 aromatic heterocycles. The van der Waals surface area contributed by atoms with Crippen LogP contribution in [-0.2, 0) is 4.79 Å². The van der Waals surface area contributed by atoms with Crippen LogP contribution >= 0.6 is 0 Å². The summed E-state index contributed by atoms with van der Waals surface area (Å²) in [7, 11) is 0. The molecule has 1 N–H and O–H groups in total. The number of carbonyl (C=O) groups excluding carboxylic acids is 1. The zero-order valence-corrected chi connectivity index (χ0v) is 14.2. The van der Waals surface area contributed by atoms with Crippen molar-refractivity contribution in [1.29, 1.82) is 0 Å². The molecule has 0 radical (unpaired) electrons. The van der Waals surface area contributed by atoms with E-state index in [1.54, 1.807) is 0 Å². The van der Waals surface area contributed by atoms with Crippen molar-refractivity contribution in [1.82, 2.24) is 5.32 Å². The molecule has 1 saturated heterocycles. The molecule has 0 amide bonds. The third-order valence-electron chi connectivity index (χ3n) is 4.32. The maximum atomic E-state index is 13.0. The van der Waals surface area contributed by atoms with E-state index in [1.165, 1.54) is 48.7 Å². The maximum absolute atomic E-state index is 13.0. The summed E-state index contributed by atoms with van der Waals surface area (Å²) in [5.74, 6) is -0.156. The van der Waals surface area contributed by atoms with Gasteiger partial charge in [-0.05, 0) is 55.8 Å². The van der Waals surface area contributed by atoms with Crippen molar-refractivity contribution in [2.24, 2.45) is 0 Å². The van der Waals surface area contributed by atoms with Crippen LogP contribution in [0.3, 0.4) is 0 Å². The van der Waals surface area contributed by atoms with Gasteiger partial charge in [0, 0.05) is 6.07 Å². The molecule has 1 unspecified atom stereocenters. The van der Waals surface area contributed by atoms with Crippen LogP contribution in [0.4, 0.5) is 4.39 Å². The molecule has 2 aromatic carbocycles. The fourth-order valence-electron chi connectivity index (χ4n) is 2.93. The first-order valence-electron chi connectivity index (χ1n) is 8.54. The zero-order chi connectivity index (χ0) is 18.8. The Hall–Kier alpha value is -3.19. The molecule has 27 heavy (non-hydrogen) atoms. The predicted octanol–water partition coefficient (Wildman–Crippen LogP) is 3.38. The van der Waals surface area contributed by atoms with Gasteiger partial charge in [0.1, 0.15) is 35.2 Å². The van der Waals surface area contributed by atoms with Gasteiger partial charge in [-0.25, -0.2) is 9.18 Å². The second-order valence-corrected chi connectivity index (χ2v) is 6.21. The van der Waals surface area contributed by atoms with Crippen molar-refractivity contribution in [3.8, 4) is 17.2 Å². The molecule has 0 spiro atoms. The smallest absolute Gasteiger partial charge is 0.328 e. The fraction of sp³-hybridized carbons (Fsp3) is 0.200. The van der Waals surface area contributed by atoms with E-state index in [0.717, 1.165) is 19.4 Å². The maximum Gasteiger partial charge on any atom is 0.328 e. The Bertz CT molecular complexity index is 1040. The average Bonchev–Trinajstić information content (AvgIpc) is 3.21. The van der Waals surface area contributed by atoms with Crippen LogP contribution in [0, 0.1) is 5.82 Å². The topological polar surface area (TPSA) is 77.8 Å². The molecule has 2 heterocycles. The summed E-state index contributed by atoms with van der Waals surface area (Å²) in [6, 6.07) is 9.54. The van der Waals surface area contributed by atoms with Gasteiger partial charge in [-0.2, -0.15) is 0 Å². The molecular weight excluding hydrogens is 353 g/mol. The fourth-order valence-corrected chi connectivity index (χ4v) is 2.93. The van der Waals surface area contributed by atoms with Crippen molar-refractivity contribution < 1.29 is 23.1 Å². The number of halogens is 1. The van der Waals surface area contributed by atoms with Crippen LogP contribution in [0.2, 0.25) is 0 Å². The Labute approximate surface area is 153 Å². The Balaban J connectivity index is 1.57. The van der Waals surface area contributed by atoms with E-state index in [4.69, 9.17) is 13.9 Å². The molecule has 0 bridgehead atoms. The van der Waals surface area contributed by atoms with E-state index >= 15 is 0 Å². The highest BCUT2D eigenvalue weighted by atomic mass is 19.1. The first kappa shape index (κ1) is 17.2. The minimum absolute atomic E-state index is 0.0194. The molecule has 1 aliphatic heterocycles. The predicted molar refractivity (Wildman–Crippen MR) is 95.6 cm³/mol. The lowest BCUT2D eigenvalue weighted by atomic mass is 10.2. The number of benzene rings is 2. The lowest BCUT2D eigenvalue weighted by molar-refractivity contribution is -0.136. The molecule has 138 valence electrons. The van der Waals surface area contributed by atoms with E-state index in [-0.39, 0.29) is 34.2 Å². The Morgan fingerprint density at radius 1 is 1.15 bits per heavy atom. The van der Waals surface area contributed by atoms with E-state index in [9.17, 15) is 14.0 Å². The number of hydrogen-bond donors (Lipinski definition) is 1. The van der Waals surface area contributed by atoms with Crippen LogP contribution in [-0.4, -0.2) is 18.6 Å². The van der Waals surface area contributed by atoms with Crippen molar-refractivity contribution in [2.75, 3.05) is 6.54 Å². The molecular formula is C20H16FNO5. The SMILES string of the molecule is O=C(Oc1ccc2c(=O)c(Oc3ccc(F)cc3)coc2c1)C1CCCN1. The van der Waals surface area contributed by atoms with Gasteiger partial charge in [-0.15, -0.1) is 0 Å². The molecule has 1 atom stereocenters. The van der Waals surface area contributed by atoms with Crippen LogP contribution in [0.1, 0.15) is 12.8 Å². The van der Waals surface area contributed by atoms with Gasteiger partial charge in [0.15, 0.2) is 0 Å². The lowest BCUT2D eigenvalue weighted by Crippen LogP contribution is -2.34. The van der Waals surface area contributed by atoms with Crippen molar-refractivity contribution in [2.45, 2.75) is 18.9 Å². The Morgan fingerprint density at radius 2 is 1.93 bits per heavy atom. The molecule has 6 nitrogen and oxygen atoms in total. The first-order chi connectivity index (χ1) is 13.1. The third kappa shape index (κ3) is 3.68. The summed E-state index contributed by atoms with van der Waals surface area (Å²) in [6.45, 7) is 0.795. The quantitative estimate of drug-likeness (QED) is 0.561. The average molecular weight is 369 g/mol. The lowest BCUT2D eigenvalue weighted by Gasteiger charge is -2.10. The van der Waals surface area contributed by atoms with Crippen molar-refractivity contribution in [3.63, 3.8) is 0 Å². The minimum atomic E-state index is -0.400. The van der Waals surface area contributed by atoms with Gasteiger partial charge in [0.25, 0.3) is 0 Å². The van der Waals surface area contributed by atoms with Gasteiger partial charge in [0.2, 0.25) is 11.2 Å². The molecule has 3 aromatic rings. The highest BCUT2D eigenvalue weighted by Gasteiger charge is 2.24. The molecule has 1 aliphatic rings. The Morgan fingerprint density at radius 3 is 2.67 bits per heavy atom. The second-order valence-electron chi connectivity index (χ2n) is 6.21. The molecule has 1 fully saturated rings. The normalized spacial score (nSPS) is 16.4. The number of ether oxygens (including phenoxy) is 2. The van der Waals surface area contributed by atoms with Crippen molar-refractivity contribution >= 4 is 16.9 Å². The summed E-state index contributed by atoms with van der Waals surface area (Å²) in [5, 5.41) is 3.35. The first-order valence-corrected chi connectivity index (χ1v) is 8.54. The van der Waals surface area contributed by atoms with Crippen molar-refractivity contribution in [3.05, 3.63) is 64.8 Å². The number of fused-ring (bicyclic) bond motifs is 1. The number of hydrogen-bond acceptors (Lipinski definition) is 6. The summed E-state index contributed by atoms with van der Waals surface area (Å²) in [6.07, 6.45) is 2.85. The minimum Gasteiger partial charge on any atom is -0.460 e. The van der Waals surface area contributed by atoms with Gasteiger partial charge >= 0.3 is 5.97 Å². The number of rotatable bonds is 4. The van der Waals surface area contributed by atoms with Crippen LogP contribution < -0.4 is 20.2 Å².